The smallest absolute Gasteiger partial charge is 0.266 e. The first-order valence-electron chi connectivity index (χ1n) is 11.2. The molecule has 3 aromatic heterocycles. The molecule has 0 fully saturated rings. The summed E-state index contributed by atoms with van der Waals surface area (Å²) in [5.41, 5.74) is 3.77. The molecule has 1 aliphatic heterocycles. The van der Waals surface area contributed by atoms with Crippen LogP contribution in [0, 0.1) is 0 Å². The number of fused-ring (bicyclic) bond motifs is 1. The minimum atomic E-state index is -0.709. The number of hydrogen-bond donors (Lipinski definition) is 1. The van der Waals surface area contributed by atoms with E-state index in [1.165, 1.54) is 11.3 Å². The molecule has 1 unspecified atom stereocenters. The number of anilines is 1. The second kappa shape index (κ2) is 10.3. The van der Waals surface area contributed by atoms with Crippen LogP contribution in [-0.4, -0.2) is 43.5 Å². The highest BCUT2D eigenvalue weighted by atomic mass is 35.5. The molecule has 0 saturated heterocycles. The summed E-state index contributed by atoms with van der Waals surface area (Å²) in [5.74, 6) is -0.342. The first-order valence-corrected chi connectivity index (χ1v) is 12.4. The lowest BCUT2D eigenvalue weighted by Gasteiger charge is -2.29. The van der Waals surface area contributed by atoms with Crippen molar-refractivity contribution in [2.45, 2.75) is 25.4 Å². The molecule has 1 atom stereocenters. The molecule has 8 nitrogen and oxygen atoms in total. The van der Waals surface area contributed by atoms with E-state index in [-0.39, 0.29) is 35.2 Å². The predicted octanol–water partition coefficient (Wildman–Crippen LogP) is 4.22. The Hall–Kier alpha value is -3.95. The number of nitrogens with zero attached hydrogens (tertiary/aromatic N) is 4. The number of carbonyl (C=O) groups excluding carboxylic acids is 3. The molecule has 10 heteroatoms. The molecule has 4 aromatic rings. The van der Waals surface area contributed by atoms with E-state index in [2.05, 4.69) is 20.3 Å². The van der Waals surface area contributed by atoms with Crippen LogP contribution in [0.15, 0.2) is 72.5 Å². The molecule has 1 aliphatic rings. The highest BCUT2D eigenvalue weighted by Gasteiger charge is 2.37. The van der Waals surface area contributed by atoms with Crippen LogP contribution in [0.25, 0.3) is 0 Å². The van der Waals surface area contributed by atoms with Crippen molar-refractivity contribution in [1.82, 2.24) is 19.9 Å². The number of nitrogens with one attached hydrogen (secondary N) is 1. The molecule has 1 N–H and O–H groups in total. The number of thiazole rings is 1. The Bertz CT molecular complexity index is 1430. The fourth-order valence-electron chi connectivity index (χ4n) is 4.08. The van der Waals surface area contributed by atoms with E-state index in [0.29, 0.717) is 34.1 Å². The maximum atomic E-state index is 13.5. The lowest BCUT2D eigenvalue weighted by molar-refractivity contribution is -0.122. The van der Waals surface area contributed by atoms with E-state index >= 15 is 0 Å². The molecule has 2 amide bonds. The summed E-state index contributed by atoms with van der Waals surface area (Å²) < 4.78 is 0. The molecule has 0 radical (unpaired) electrons. The fourth-order valence-corrected chi connectivity index (χ4v) is 5.13. The molecule has 0 spiro atoms. The van der Waals surface area contributed by atoms with Crippen LogP contribution in [0.4, 0.5) is 5.82 Å². The number of amides is 2. The fraction of sp³-hybridized carbons (Fsp3) is 0.154. The van der Waals surface area contributed by atoms with Crippen LogP contribution in [0.5, 0.6) is 0 Å². The predicted molar refractivity (Wildman–Crippen MR) is 136 cm³/mol. The summed E-state index contributed by atoms with van der Waals surface area (Å²) in [6, 6.07) is 14.9. The van der Waals surface area contributed by atoms with E-state index in [1.54, 1.807) is 65.3 Å². The van der Waals surface area contributed by atoms with Gasteiger partial charge in [-0.1, -0.05) is 29.8 Å². The zero-order chi connectivity index (χ0) is 25.1. The van der Waals surface area contributed by atoms with Crippen molar-refractivity contribution in [2.24, 2.45) is 0 Å². The number of pyridine rings is 2. The van der Waals surface area contributed by atoms with Gasteiger partial charge in [0.15, 0.2) is 5.78 Å². The van der Waals surface area contributed by atoms with Crippen molar-refractivity contribution in [2.75, 3.05) is 5.32 Å². The van der Waals surface area contributed by atoms with Crippen LogP contribution in [-0.2, 0) is 24.2 Å². The molecule has 36 heavy (non-hydrogen) atoms. The Morgan fingerprint density at radius 2 is 1.86 bits per heavy atom. The van der Waals surface area contributed by atoms with Crippen molar-refractivity contribution >= 4 is 46.4 Å². The number of halogens is 1. The lowest BCUT2D eigenvalue weighted by Crippen LogP contribution is -2.44. The molecule has 180 valence electrons. The van der Waals surface area contributed by atoms with Crippen LogP contribution < -0.4 is 5.32 Å². The van der Waals surface area contributed by atoms with Crippen molar-refractivity contribution in [3.05, 3.63) is 105 Å². The van der Waals surface area contributed by atoms with Crippen LogP contribution in [0.1, 0.15) is 37.0 Å². The SMILES string of the molecule is O=C(Nc1ccccn1)c1ccc(CN2C(=O)c3scnc3CC(=O)C2Cc2ccccn2)cc1Cl. The molecular weight excluding hydrogens is 498 g/mol. The van der Waals surface area contributed by atoms with Gasteiger partial charge < -0.3 is 10.2 Å². The van der Waals surface area contributed by atoms with Gasteiger partial charge in [-0.2, -0.15) is 0 Å². The van der Waals surface area contributed by atoms with Crippen molar-refractivity contribution in [1.29, 1.82) is 0 Å². The van der Waals surface area contributed by atoms with E-state index in [1.807, 2.05) is 12.1 Å². The van der Waals surface area contributed by atoms with Crippen LogP contribution >= 0.6 is 22.9 Å². The maximum absolute atomic E-state index is 13.5. The Morgan fingerprint density at radius 3 is 2.58 bits per heavy atom. The van der Waals surface area contributed by atoms with Gasteiger partial charge in [0.2, 0.25) is 0 Å². The summed E-state index contributed by atoms with van der Waals surface area (Å²) in [7, 11) is 0. The number of benzene rings is 1. The molecule has 0 bridgehead atoms. The molecule has 0 aliphatic carbocycles. The Balaban J connectivity index is 1.42. The first kappa shape index (κ1) is 23.8. The van der Waals surface area contributed by atoms with Crippen molar-refractivity contribution < 1.29 is 14.4 Å². The molecule has 5 rings (SSSR count). The molecular formula is C26H20ClN5O3S. The quantitative estimate of drug-likeness (QED) is 0.410. The third-order valence-corrected chi connectivity index (χ3v) is 7.02. The number of carbonyl (C=O) groups is 3. The highest BCUT2D eigenvalue weighted by Crippen LogP contribution is 2.28. The van der Waals surface area contributed by atoms with Gasteiger partial charge in [-0.05, 0) is 42.0 Å². The summed E-state index contributed by atoms with van der Waals surface area (Å²) >= 11 is 7.69. The van der Waals surface area contributed by atoms with Gasteiger partial charge in [-0.3, -0.25) is 19.4 Å². The zero-order valence-corrected chi connectivity index (χ0v) is 20.5. The van der Waals surface area contributed by atoms with E-state index in [0.717, 1.165) is 0 Å². The van der Waals surface area contributed by atoms with Crippen molar-refractivity contribution in [3.63, 3.8) is 0 Å². The third-order valence-electron chi connectivity index (χ3n) is 5.85. The summed E-state index contributed by atoms with van der Waals surface area (Å²) in [5, 5.41) is 2.94. The van der Waals surface area contributed by atoms with Gasteiger partial charge in [0.1, 0.15) is 10.7 Å². The summed E-state index contributed by atoms with van der Waals surface area (Å²) in [4.78, 5) is 54.2. The van der Waals surface area contributed by atoms with Crippen molar-refractivity contribution in [3.8, 4) is 0 Å². The normalized spacial score (nSPS) is 15.4. The lowest BCUT2D eigenvalue weighted by atomic mass is 10.0. The minimum absolute atomic E-state index is 0.0892. The highest BCUT2D eigenvalue weighted by molar-refractivity contribution is 7.11. The summed E-state index contributed by atoms with van der Waals surface area (Å²) in [6.45, 7) is 0.140. The minimum Gasteiger partial charge on any atom is -0.323 e. The Morgan fingerprint density at radius 1 is 1.06 bits per heavy atom. The number of Topliss-reactive ketones (excluding diaryl/α,β-unsaturated/α-hetero) is 1. The van der Waals surface area contributed by atoms with Gasteiger partial charge in [-0.15, -0.1) is 11.3 Å². The molecule has 1 aromatic carbocycles. The Kier molecular flexibility index (Phi) is 6.84. The number of rotatable bonds is 6. The molecule has 0 saturated carbocycles. The standard InChI is InChI=1S/C26H20ClN5O3S/c27-19-11-16(7-8-18(19)25(34)31-23-6-2-4-10-29-23)14-32-21(12-17-5-1-3-9-28-17)22(33)13-20-24(26(32)35)36-15-30-20/h1-11,15,21H,12-14H2,(H,29,31,34). The van der Waals surface area contributed by atoms with Gasteiger partial charge in [0, 0.05) is 31.1 Å². The number of aromatic nitrogens is 3. The topological polar surface area (TPSA) is 105 Å². The average Bonchev–Trinajstić information content (AvgIpc) is 3.32. The van der Waals surface area contributed by atoms with Crippen LogP contribution in [0.3, 0.4) is 0 Å². The zero-order valence-electron chi connectivity index (χ0n) is 18.9. The van der Waals surface area contributed by atoms with E-state index < -0.39 is 11.9 Å². The van der Waals surface area contributed by atoms with Gasteiger partial charge in [-0.25, -0.2) is 9.97 Å². The monoisotopic (exact) mass is 517 g/mol. The third kappa shape index (κ3) is 5.02. The first-order chi connectivity index (χ1) is 17.5. The maximum Gasteiger partial charge on any atom is 0.266 e. The van der Waals surface area contributed by atoms with Gasteiger partial charge >= 0.3 is 0 Å². The molecule has 4 heterocycles. The van der Waals surface area contributed by atoms with E-state index in [4.69, 9.17) is 11.6 Å². The van der Waals surface area contributed by atoms with Gasteiger partial charge in [0.05, 0.1) is 34.3 Å². The number of hydrogen-bond acceptors (Lipinski definition) is 7. The Labute approximate surface area is 216 Å². The number of ketones is 1. The largest absolute Gasteiger partial charge is 0.323 e. The van der Waals surface area contributed by atoms with Gasteiger partial charge in [0.25, 0.3) is 11.8 Å². The summed E-state index contributed by atoms with van der Waals surface area (Å²) in [6.07, 6.45) is 3.62. The van der Waals surface area contributed by atoms with E-state index in [9.17, 15) is 14.4 Å². The second-order valence-electron chi connectivity index (χ2n) is 8.23. The van der Waals surface area contributed by atoms with Crippen LogP contribution in [0.2, 0.25) is 5.02 Å². The average molecular weight is 518 g/mol. The second-order valence-corrected chi connectivity index (χ2v) is 9.49.